The predicted molar refractivity (Wildman–Crippen MR) is 82.8 cm³/mol. The Hall–Kier alpha value is -1.13. The van der Waals surface area contributed by atoms with Crippen molar-refractivity contribution in [2.45, 2.75) is 69.6 Å². The van der Waals surface area contributed by atoms with Crippen LogP contribution in [0.25, 0.3) is 0 Å². The van der Waals surface area contributed by atoms with Crippen LogP contribution in [0.3, 0.4) is 0 Å². The van der Waals surface area contributed by atoms with E-state index < -0.39 is 41.1 Å². The Kier molecular flexibility index (Phi) is 4.89. The highest BCUT2D eigenvalue weighted by molar-refractivity contribution is 5.28. The van der Waals surface area contributed by atoms with Crippen LogP contribution in [0.2, 0.25) is 0 Å². The van der Waals surface area contributed by atoms with Crippen LogP contribution in [0.5, 0.6) is 0 Å². The van der Waals surface area contributed by atoms with E-state index in [-0.39, 0.29) is 12.0 Å². The minimum Gasteiger partial charge on any atom is -0.246 e. The van der Waals surface area contributed by atoms with Crippen molar-refractivity contribution in [1.82, 2.24) is 0 Å². The molecule has 3 rings (SSSR count). The van der Waals surface area contributed by atoms with Crippen LogP contribution < -0.4 is 0 Å². The van der Waals surface area contributed by atoms with Crippen LogP contribution in [0.1, 0.15) is 63.4 Å². The zero-order chi connectivity index (χ0) is 17.5. The van der Waals surface area contributed by atoms with Gasteiger partial charge in [0.05, 0.1) is 0 Å². The zero-order valence-corrected chi connectivity index (χ0v) is 13.8. The third kappa shape index (κ3) is 3.06. The summed E-state index contributed by atoms with van der Waals surface area (Å²) in [5.74, 6) is -5.48. The normalized spacial score (nSPS) is 36.4. The molecule has 2 fully saturated rings. The number of rotatable bonds is 3. The van der Waals surface area contributed by atoms with Gasteiger partial charge in [-0.25, -0.2) is 22.0 Å². The van der Waals surface area contributed by atoms with Crippen molar-refractivity contribution >= 4 is 0 Å². The van der Waals surface area contributed by atoms with Gasteiger partial charge in [0, 0.05) is 11.8 Å². The van der Waals surface area contributed by atoms with Crippen molar-refractivity contribution in [2.75, 3.05) is 0 Å². The fraction of sp³-hybridized carbons (Fsp3) is 0.684. The minimum absolute atomic E-state index is 0.0223. The molecule has 0 nitrogen and oxygen atoms in total. The molecule has 1 aromatic rings. The number of hydrogen-bond acceptors (Lipinski definition) is 0. The van der Waals surface area contributed by atoms with Gasteiger partial charge in [0.1, 0.15) is 11.8 Å². The summed E-state index contributed by atoms with van der Waals surface area (Å²) in [6, 6.07) is 1.62. The first-order chi connectivity index (χ1) is 11.4. The molecule has 0 saturated heterocycles. The fourth-order valence-electron chi connectivity index (χ4n) is 4.69. The molecule has 1 aromatic carbocycles. The van der Waals surface area contributed by atoms with Gasteiger partial charge < -0.3 is 0 Å². The van der Waals surface area contributed by atoms with E-state index in [1.807, 2.05) is 0 Å². The molecule has 2 aliphatic carbocycles. The average molecular weight is 346 g/mol. The number of halogens is 5. The van der Waals surface area contributed by atoms with Crippen molar-refractivity contribution < 1.29 is 22.0 Å². The monoisotopic (exact) mass is 346 g/mol. The summed E-state index contributed by atoms with van der Waals surface area (Å²) in [4.78, 5) is 0. The second-order valence-corrected chi connectivity index (χ2v) is 7.47. The lowest BCUT2D eigenvalue weighted by molar-refractivity contribution is 0.0730. The molecule has 0 amide bonds. The quantitative estimate of drug-likeness (QED) is 0.449. The summed E-state index contributed by atoms with van der Waals surface area (Å²) in [7, 11) is 0. The van der Waals surface area contributed by atoms with Gasteiger partial charge in [-0.15, -0.1) is 0 Å². The van der Waals surface area contributed by atoms with Gasteiger partial charge in [-0.05, 0) is 55.7 Å². The molecule has 0 spiro atoms. The van der Waals surface area contributed by atoms with Crippen LogP contribution in [0.15, 0.2) is 12.1 Å². The summed E-state index contributed by atoms with van der Waals surface area (Å²) < 4.78 is 70.4. The predicted octanol–water partition coefficient (Wildman–Crippen LogP) is 6.24. The largest absolute Gasteiger partial charge is 0.246 e. The van der Waals surface area contributed by atoms with Gasteiger partial charge in [-0.3, -0.25) is 0 Å². The second-order valence-electron chi connectivity index (χ2n) is 7.47. The van der Waals surface area contributed by atoms with E-state index in [1.54, 1.807) is 0 Å². The molecule has 0 aromatic heterocycles. The molecule has 5 atom stereocenters. The summed E-state index contributed by atoms with van der Waals surface area (Å²) in [5, 5.41) is 0. The molecule has 0 heterocycles. The van der Waals surface area contributed by atoms with Gasteiger partial charge in [-0.1, -0.05) is 19.8 Å². The lowest BCUT2D eigenvalue weighted by Crippen LogP contribution is -2.30. The van der Waals surface area contributed by atoms with E-state index in [2.05, 4.69) is 6.92 Å². The fourth-order valence-corrected chi connectivity index (χ4v) is 4.69. The van der Waals surface area contributed by atoms with Gasteiger partial charge in [-0.2, -0.15) is 0 Å². The lowest BCUT2D eigenvalue weighted by Gasteiger charge is -2.25. The van der Waals surface area contributed by atoms with Gasteiger partial charge in [0.15, 0.2) is 17.5 Å². The minimum atomic E-state index is -1.63. The SMILES string of the molecule is CCCC1CCC2C(F)C(c3cc(F)c(F)c(F)c3)CC2(F)CC1. The molecule has 2 aliphatic rings. The lowest BCUT2D eigenvalue weighted by atomic mass is 9.88. The van der Waals surface area contributed by atoms with Crippen LogP contribution in [-0.4, -0.2) is 11.8 Å². The summed E-state index contributed by atoms with van der Waals surface area (Å²) >= 11 is 0. The summed E-state index contributed by atoms with van der Waals surface area (Å²) in [5.41, 5.74) is -1.61. The van der Waals surface area contributed by atoms with E-state index in [4.69, 9.17) is 0 Å². The smallest absolute Gasteiger partial charge is 0.194 e. The van der Waals surface area contributed by atoms with Crippen molar-refractivity contribution in [3.05, 3.63) is 35.1 Å². The molecule has 0 radical (unpaired) electrons. The summed E-state index contributed by atoms with van der Waals surface area (Å²) in [6.07, 6.45) is 2.77. The van der Waals surface area contributed by atoms with E-state index in [1.165, 1.54) is 0 Å². The molecule has 5 unspecified atom stereocenters. The maximum Gasteiger partial charge on any atom is 0.194 e. The third-order valence-corrected chi connectivity index (χ3v) is 5.98. The topological polar surface area (TPSA) is 0 Å². The van der Waals surface area contributed by atoms with Crippen LogP contribution in [0.4, 0.5) is 22.0 Å². The highest BCUT2D eigenvalue weighted by Crippen LogP contribution is 2.55. The molecule has 5 heteroatoms. The van der Waals surface area contributed by atoms with Crippen LogP contribution in [-0.2, 0) is 0 Å². The third-order valence-electron chi connectivity index (χ3n) is 5.98. The van der Waals surface area contributed by atoms with Crippen molar-refractivity contribution in [3.8, 4) is 0 Å². The molecule has 2 saturated carbocycles. The Morgan fingerprint density at radius 2 is 1.75 bits per heavy atom. The maximum atomic E-state index is 15.4. The van der Waals surface area contributed by atoms with Crippen LogP contribution >= 0.6 is 0 Å². The highest BCUT2D eigenvalue weighted by Gasteiger charge is 2.55. The Bertz CT molecular complexity index is 578. The first-order valence-electron chi connectivity index (χ1n) is 8.83. The zero-order valence-electron chi connectivity index (χ0n) is 13.8. The highest BCUT2D eigenvalue weighted by atomic mass is 19.2. The molecule has 0 aliphatic heterocycles. The Labute approximate surface area is 139 Å². The van der Waals surface area contributed by atoms with E-state index in [0.717, 1.165) is 37.8 Å². The van der Waals surface area contributed by atoms with Gasteiger partial charge in [0.25, 0.3) is 0 Å². The molecular formula is C19H23F5. The average Bonchev–Trinajstić information content (AvgIpc) is 2.68. The van der Waals surface area contributed by atoms with Crippen molar-refractivity contribution in [3.63, 3.8) is 0 Å². The maximum absolute atomic E-state index is 15.4. The van der Waals surface area contributed by atoms with Gasteiger partial charge in [0.2, 0.25) is 0 Å². The summed E-state index contributed by atoms with van der Waals surface area (Å²) in [6.45, 7) is 2.09. The van der Waals surface area contributed by atoms with E-state index >= 15 is 4.39 Å². The number of benzene rings is 1. The van der Waals surface area contributed by atoms with E-state index in [9.17, 15) is 17.6 Å². The number of alkyl halides is 2. The first kappa shape index (κ1) is 17.7. The van der Waals surface area contributed by atoms with Gasteiger partial charge >= 0.3 is 0 Å². The van der Waals surface area contributed by atoms with E-state index in [0.29, 0.717) is 18.8 Å². The Morgan fingerprint density at radius 3 is 2.38 bits per heavy atom. The number of hydrogen-bond donors (Lipinski definition) is 0. The second kappa shape index (κ2) is 6.64. The molecule has 134 valence electrons. The Balaban J connectivity index is 1.83. The van der Waals surface area contributed by atoms with Crippen molar-refractivity contribution in [2.24, 2.45) is 11.8 Å². The molecule has 0 bridgehead atoms. The number of fused-ring (bicyclic) bond motifs is 1. The standard InChI is InChI=1S/C19H23F5/c1-2-3-11-4-5-14-17(22)13(10-19(14,24)7-6-11)12-8-15(20)18(23)16(21)9-12/h8-9,11,13-14,17H,2-7,10H2,1H3. The van der Waals surface area contributed by atoms with Crippen LogP contribution in [0, 0.1) is 29.3 Å². The molecule has 24 heavy (non-hydrogen) atoms. The van der Waals surface area contributed by atoms with Crippen molar-refractivity contribution in [1.29, 1.82) is 0 Å². The molecule has 0 N–H and O–H groups in total. The first-order valence-corrected chi connectivity index (χ1v) is 8.83. The Morgan fingerprint density at radius 1 is 1.08 bits per heavy atom. The molecular weight excluding hydrogens is 323 g/mol.